The van der Waals surface area contributed by atoms with Crippen LogP contribution < -0.4 is 24.9 Å². The summed E-state index contributed by atoms with van der Waals surface area (Å²) in [5.41, 5.74) is 4.39. The van der Waals surface area contributed by atoms with Gasteiger partial charge in [-0.1, -0.05) is 59.9 Å². The number of anilines is 1. The number of benzene rings is 3. The number of thiazole rings is 1. The monoisotopic (exact) mass is 576 g/mol. The molecule has 0 saturated carbocycles. The van der Waals surface area contributed by atoms with Gasteiger partial charge in [-0.3, -0.25) is 14.2 Å². The van der Waals surface area contributed by atoms with E-state index in [1.807, 2.05) is 86.7 Å². The number of fused-ring (bicyclic) bond motifs is 2. The van der Waals surface area contributed by atoms with E-state index in [4.69, 9.17) is 9.73 Å². The lowest BCUT2D eigenvalue weighted by Crippen LogP contribution is -2.40. The highest BCUT2D eigenvalue weighted by Crippen LogP contribution is 2.32. The Kier molecular flexibility index (Phi) is 7.39. The van der Waals surface area contributed by atoms with Crippen molar-refractivity contribution in [3.63, 3.8) is 0 Å². The van der Waals surface area contributed by atoms with Crippen LogP contribution in [-0.2, 0) is 4.79 Å². The van der Waals surface area contributed by atoms with Crippen LogP contribution in [-0.4, -0.2) is 21.6 Å². The molecule has 0 bridgehead atoms. The first-order chi connectivity index (χ1) is 20.4. The van der Waals surface area contributed by atoms with Crippen LogP contribution in [0.25, 0.3) is 17.0 Å². The molecule has 3 heterocycles. The summed E-state index contributed by atoms with van der Waals surface area (Å²) in [6.07, 6.45) is 4.05. The van der Waals surface area contributed by atoms with Crippen LogP contribution in [0.3, 0.4) is 0 Å². The first kappa shape index (κ1) is 27.5. The fraction of sp³-hybridized carbons (Fsp3) is 0.206. The molecule has 3 aromatic carbocycles. The van der Waals surface area contributed by atoms with E-state index in [0.717, 1.165) is 27.8 Å². The van der Waals surface area contributed by atoms with Gasteiger partial charge in [0.25, 0.3) is 11.5 Å². The Morgan fingerprint density at radius 2 is 1.76 bits per heavy atom. The van der Waals surface area contributed by atoms with Crippen LogP contribution >= 0.6 is 11.3 Å². The molecule has 0 spiro atoms. The Morgan fingerprint density at radius 1 is 1.05 bits per heavy atom. The lowest BCUT2D eigenvalue weighted by molar-refractivity contribution is -0.113. The van der Waals surface area contributed by atoms with E-state index in [1.165, 1.54) is 11.3 Å². The number of carbonyl (C=O) groups excluding carboxylic acids is 1. The number of carbonyl (C=O) groups is 1. The largest absolute Gasteiger partial charge is 0.494 e. The second-order valence-electron chi connectivity index (χ2n) is 10.5. The zero-order valence-corrected chi connectivity index (χ0v) is 24.8. The number of hydrogen-bond donors (Lipinski definition) is 1. The molecule has 0 aliphatic carbocycles. The van der Waals surface area contributed by atoms with Crippen molar-refractivity contribution in [1.29, 1.82) is 0 Å². The van der Waals surface area contributed by atoms with Gasteiger partial charge in [0.2, 0.25) is 0 Å². The number of nitrogens with one attached hydrogen (secondary N) is 1. The van der Waals surface area contributed by atoms with Gasteiger partial charge in [0.05, 0.1) is 28.5 Å². The smallest absolute Gasteiger partial charge is 0.271 e. The average Bonchev–Trinajstić information content (AvgIpc) is 3.50. The van der Waals surface area contributed by atoms with E-state index in [9.17, 15) is 9.59 Å². The van der Waals surface area contributed by atoms with Crippen molar-refractivity contribution in [3.05, 3.63) is 127 Å². The Morgan fingerprint density at radius 3 is 2.48 bits per heavy atom. The van der Waals surface area contributed by atoms with Crippen molar-refractivity contribution >= 4 is 39.9 Å². The van der Waals surface area contributed by atoms with Crippen molar-refractivity contribution < 1.29 is 9.53 Å². The molecule has 8 heteroatoms. The highest BCUT2D eigenvalue weighted by molar-refractivity contribution is 7.07. The molecule has 1 aliphatic rings. The topological polar surface area (TPSA) is 77.6 Å². The van der Waals surface area contributed by atoms with Crippen molar-refractivity contribution in [2.45, 2.75) is 39.8 Å². The predicted octanol–water partition coefficient (Wildman–Crippen LogP) is 5.81. The van der Waals surface area contributed by atoms with Crippen LogP contribution in [0.1, 0.15) is 50.9 Å². The van der Waals surface area contributed by atoms with E-state index in [1.54, 1.807) is 4.57 Å². The van der Waals surface area contributed by atoms with Gasteiger partial charge in [0.1, 0.15) is 5.75 Å². The van der Waals surface area contributed by atoms with Gasteiger partial charge < -0.3 is 14.6 Å². The van der Waals surface area contributed by atoms with Crippen LogP contribution in [0, 0.1) is 0 Å². The zero-order chi connectivity index (χ0) is 29.4. The molecule has 0 unspecified atom stereocenters. The molecule has 1 atom stereocenters. The standard InChI is InChI=1S/C34H32N4O3S/c1-5-41-26-17-15-23(16-18-26)31-30(32(39)36-25-11-7-6-8-12-25)22(4)35-34-38(31)33(40)29(42-34)19-24-20-37(21(2)3)28-14-10-9-13-27(24)28/h6-21,31H,5H2,1-4H3,(H,36,39)/b29-19-/t31-/m1/s1. The third-order valence-electron chi connectivity index (χ3n) is 7.42. The lowest BCUT2D eigenvalue weighted by Gasteiger charge is -2.25. The first-order valence-corrected chi connectivity index (χ1v) is 14.9. The predicted molar refractivity (Wildman–Crippen MR) is 169 cm³/mol. The molecule has 7 nitrogen and oxygen atoms in total. The highest BCUT2D eigenvalue weighted by atomic mass is 32.1. The van der Waals surface area contributed by atoms with E-state index in [2.05, 4.69) is 42.1 Å². The number of nitrogens with zero attached hydrogens (tertiary/aromatic N) is 3. The number of amides is 1. The fourth-order valence-corrected chi connectivity index (χ4v) is 6.51. The number of rotatable bonds is 7. The number of ether oxygens (including phenoxy) is 1. The highest BCUT2D eigenvalue weighted by Gasteiger charge is 2.32. The minimum absolute atomic E-state index is 0.184. The molecule has 5 aromatic rings. The minimum Gasteiger partial charge on any atom is -0.494 e. The van der Waals surface area contributed by atoms with E-state index < -0.39 is 6.04 Å². The summed E-state index contributed by atoms with van der Waals surface area (Å²) in [6, 6.07) is 24.7. The third-order valence-corrected chi connectivity index (χ3v) is 8.40. The normalized spacial score (nSPS) is 15.2. The minimum atomic E-state index is -0.653. The molecule has 6 rings (SSSR count). The number of hydrogen-bond acceptors (Lipinski definition) is 5. The zero-order valence-electron chi connectivity index (χ0n) is 24.0. The Labute approximate surface area is 247 Å². The summed E-state index contributed by atoms with van der Waals surface area (Å²) in [7, 11) is 0. The number of allylic oxidation sites excluding steroid dienone is 1. The summed E-state index contributed by atoms with van der Waals surface area (Å²) in [6.45, 7) is 8.60. The molecular weight excluding hydrogens is 544 g/mol. The van der Waals surface area contributed by atoms with Crippen molar-refractivity contribution in [2.75, 3.05) is 11.9 Å². The second-order valence-corrected chi connectivity index (χ2v) is 11.5. The van der Waals surface area contributed by atoms with Gasteiger partial charge >= 0.3 is 0 Å². The van der Waals surface area contributed by atoms with E-state index >= 15 is 0 Å². The molecular formula is C34H32N4O3S. The molecule has 1 N–H and O–H groups in total. The van der Waals surface area contributed by atoms with Crippen LogP contribution in [0.2, 0.25) is 0 Å². The number of para-hydroxylation sites is 2. The summed E-state index contributed by atoms with van der Waals surface area (Å²) < 4.78 is 10.1. The quantitative estimate of drug-likeness (QED) is 0.266. The van der Waals surface area contributed by atoms with Crippen molar-refractivity contribution in [1.82, 2.24) is 9.13 Å². The van der Waals surface area contributed by atoms with Crippen LogP contribution in [0.4, 0.5) is 5.69 Å². The van der Waals surface area contributed by atoms with Crippen molar-refractivity contribution in [3.8, 4) is 5.75 Å². The molecule has 0 radical (unpaired) electrons. The maximum absolute atomic E-state index is 14.2. The maximum atomic E-state index is 14.2. The molecule has 0 saturated heterocycles. The molecule has 2 aromatic heterocycles. The molecule has 1 aliphatic heterocycles. The SMILES string of the molecule is CCOc1ccc([C@@H]2C(C(=O)Nc3ccccc3)=C(C)N=c3s/c(=C\c4cn(C(C)C)c5ccccc45)c(=O)n32)cc1. The summed E-state index contributed by atoms with van der Waals surface area (Å²) in [5.74, 6) is 0.432. The summed E-state index contributed by atoms with van der Waals surface area (Å²) >= 11 is 1.34. The van der Waals surface area contributed by atoms with Crippen molar-refractivity contribution in [2.24, 2.45) is 4.99 Å². The Bertz CT molecular complexity index is 2000. The fourth-order valence-electron chi connectivity index (χ4n) is 5.48. The summed E-state index contributed by atoms with van der Waals surface area (Å²) in [4.78, 5) is 33.3. The van der Waals surface area contributed by atoms with Gasteiger partial charge in [-0.05, 0) is 69.7 Å². The molecule has 1 amide bonds. The first-order valence-electron chi connectivity index (χ1n) is 14.1. The van der Waals surface area contributed by atoms with Crippen LogP contribution in [0.5, 0.6) is 5.75 Å². The molecule has 42 heavy (non-hydrogen) atoms. The maximum Gasteiger partial charge on any atom is 0.271 e. The van der Waals surface area contributed by atoms with Gasteiger partial charge in [-0.15, -0.1) is 0 Å². The van der Waals surface area contributed by atoms with Gasteiger partial charge in [0, 0.05) is 34.4 Å². The molecule has 0 fully saturated rings. The second kappa shape index (κ2) is 11.3. The Hall–Kier alpha value is -4.69. The Balaban J connectivity index is 1.52. The number of aromatic nitrogens is 2. The lowest BCUT2D eigenvalue weighted by atomic mass is 9.95. The van der Waals surface area contributed by atoms with Gasteiger partial charge in [-0.25, -0.2) is 4.99 Å². The van der Waals surface area contributed by atoms with E-state index in [-0.39, 0.29) is 17.5 Å². The van der Waals surface area contributed by atoms with Crippen LogP contribution in [0.15, 0.2) is 106 Å². The third kappa shape index (κ3) is 4.99. The average molecular weight is 577 g/mol. The van der Waals surface area contributed by atoms with Gasteiger partial charge in [0.15, 0.2) is 4.80 Å². The molecule has 212 valence electrons. The van der Waals surface area contributed by atoms with E-state index in [0.29, 0.717) is 32.9 Å². The van der Waals surface area contributed by atoms with Gasteiger partial charge in [-0.2, -0.15) is 0 Å². The summed E-state index contributed by atoms with van der Waals surface area (Å²) in [5, 5.41) is 4.08.